The minimum absolute atomic E-state index is 0.0130. The van der Waals surface area contributed by atoms with E-state index in [0.29, 0.717) is 19.4 Å². The molecule has 2 atom stereocenters. The maximum atomic E-state index is 12.4. The van der Waals surface area contributed by atoms with Crippen LogP contribution < -0.4 is 5.32 Å². The Morgan fingerprint density at radius 3 is 1.05 bits per heavy atom. The molecule has 65 heavy (non-hydrogen) atoms. The number of hydrogen-bond donors (Lipinski definition) is 3. The van der Waals surface area contributed by atoms with Crippen LogP contribution in [0.25, 0.3) is 0 Å². The average molecular weight is 919 g/mol. The molecule has 0 radical (unpaired) electrons. The summed E-state index contributed by atoms with van der Waals surface area (Å²) < 4.78 is 5.50. The van der Waals surface area contributed by atoms with Crippen LogP contribution in [0.15, 0.2) is 12.2 Å². The fraction of sp³-hybridized carbons (Fsp3) is 0.932. The van der Waals surface area contributed by atoms with Gasteiger partial charge in [-0.25, -0.2) is 0 Å². The summed E-state index contributed by atoms with van der Waals surface area (Å²) in [5.41, 5.74) is 0. The summed E-state index contributed by atoms with van der Waals surface area (Å²) in [6, 6.07) is -0.628. The first-order valence-corrected chi connectivity index (χ1v) is 29.5. The van der Waals surface area contributed by atoms with E-state index in [9.17, 15) is 19.8 Å². The second kappa shape index (κ2) is 55.2. The van der Waals surface area contributed by atoms with Crippen LogP contribution in [-0.2, 0) is 14.3 Å². The topological polar surface area (TPSA) is 95.9 Å². The van der Waals surface area contributed by atoms with Crippen LogP contribution in [-0.4, -0.2) is 47.4 Å². The summed E-state index contributed by atoms with van der Waals surface area (Å²) in [5, 5.41) is 23.0. The second-order valence-corrected chi connectivity index (χ2v) is 20.3. The number of carbonyl (C=O) groups excluding carboxylic acids is 2. The first kappa shape index (κ1) is 63.6. The fourth-order valence-electron chi connectivity index (χ4n) is 9.28. The quantitative estimate of drug-likeness (QED) is 0.0321. The minimum Gasteiger partial charge on any atom is -0.466 e. The van der Waals surface area contributed by atoms with Gasteiger partial charge in [-0.2, -0.15) is 0 Å². The highest BCUT2D eigenvalue weighted by Crippen LogP contribution is 2.18. The molecule has 1 amide bonds. The zero-order chi connectivity index (χ0) is 47.2. The first-order chi connectivity index (χ1) is 32.0. The van der Waals surface area contributed by atoms with E-state index >= 15 is 0 Å². The van der Waals surface area contributed by atoms with Crippen LogP contribution in [0.2, 0.25) is 0 Å². The largest absolute Gasteiger partial charge is 0.466 e. The number of amides is 1. The maximum Gasteiger partial charge on any atom is 0.305 e. The summed E-state index contributed by atoms with van der Waals surface area (Å²) in [5.74, 6) is -0.0578. The van der Waals surface area contributed by atoms with Gasteiger partial charge in [-0.05, 0) is 32.1 Å². The summed E-state index contributed by atoms with van der Waals surface area (Å²) in [6.45, 7) is 4.91. The number of hydrogen-bond acceptors (Lipinski definition) is 5. The van der Waals surface area contributed by atoms with Crippen molar-refractivity contribution in [1.29, 1.82) is 0 Å². The van der Waals surface area contributed by atoms with E-state index in [-0.39, 0.29) is 18.5 Å². The Hall–Kier alpha value is -1.40. The molecule has 0 aliphatic rings. The molecule has 3 N–H and O–H groups in total. The molecule has 0 rings (SSSR count). The Bertz CT molecular complexity index is 970. The van der Waals surface area contributed by atoms with E-state index in [1.165, 1.54) is 263 Å². The molecule has 0 aromatic rings. The highest BCUT2D eigenvalue weighted by molar-refractivity contribution is 5.76. The number of rotatable bonds is 55. The number of unbranched alkanes of at least 4 members (excludes halogenated alkanes) is 44. The molecule has 0 spiro atoms. The molecule has 6 nitrogen and oxygen atoms in total. The molecule has 0 saturated carbocycles. The molecule has 0 aliphatic heterocycles. The van der Waals surface area contributed by atoms with Gasteiger partial charge >= 0.3 is 5.97 Å². The lowest BCUT2D eigenvalue weighted by atomic mass is 10.0. The summed E-state index contributed by atoms with van der Waals surface area (Å²) >= 11 is 0. The Labute approximate surface area is 406 Å². The van der Waals surface area contributed by atoms with E-state index in [0.717, 1.165) is 38.5 Å². The molecule has 0 fully saturated rings. The van der Waals surface area contributed by atoms with Crippen molar-refractivity contribution in [2.24, 2.45) is 0 Å². The van der Waals surface area contributed by atoms with Gasteiger partial charge in [-0.3, -0.25) is 9.59 Å². The zero-order valence-electron chi connectivity index (χ0n) is 44.0. The van der Waals surface area contributed by atoms with Crippen molar-refractivity contribution in [3.8, 4) is 0 Å². The van der Waals surface area contributed by atoms with Crippen molar-refractivity contribution >= 4 is 11.9 Å². The number of allylic oxidation sites excluding steroid dienone is 1. The normalized spacial score (nSPS) is 12.6. The van der Waals surface area contributed by atoms with Gasteiger partial charge in [-0.1, -0.05) is 296 Å². The highest BCUT2D eigenvalue weighted by Gasteiger charge is 2.18. The standard InChI is InChI=1S/C59H115NO5/c1-3-5-7-9-11-13-15-16-17-18-23-26-29-33-37-41-45-49-53-59(64)65-54-50-46-42-38-34-30-27-24-21-19-20-22-25-28-32-36-40-44-48-52-58(63)60-56(55-61)57(62)51-47-43-39-35-31-14-12-10-8-6-4-2/h47,51,56-57,61-62H,3-46,48-50,52-55H2,1-2H3,(H,60,63)/b51-47+. The van der Waals surface area contributed by atoms with Crippen LogP contribution in [0.1, 0.15) is 328 Å². The van der Waals surface area contributed by atoms with Gasteiger partial charge in [0, 0.05) is 12.8 Å². The minimum atomic E-state index is -0.844. The molecule has 0 saturated heterocycles. The van der Waals surface area contributed by atoms with Gasteiger partial charge < -0.3 is 20.3 Å². The number of aliphatic hydroxyl groups is 2. The third-order valence-electron chi connectivity index (χ3n) is 13.8. The monoisotopic (exact) mass is 918 g/mol. The van der Waals surface area contributed by atoms with Crippen molar-refractivity contribution in [3.63, 3.8) is 0 Å². The predicted molar refractivity (Wildman–Crippen MR) is 283 cm³/mol. The Kier molecular flexibility index (Phi) is 54.0. The molecule has 6 heteroatoms. The molecule has 0 bridgehead atoms. The summed E-state index contributed by atoms with van der Waals surface area (Å²) in [7, 11) is 0. The molecule has 2 unspecified atom stereocenters. The number of ether oxygens (including phenoxy) is 1. The molecular formula is C59H115NO5. The predicted octanol–water partition coefficient (Wildman–Crippen LogP) is 18.1. The average Bonchev–Trinajstić information content (AvgIpc) is 3.31. The second-order valence-electron chi connectivity index (χ2n) is 20.3. The van der Waals surface area contributed by atoms with Crippen molar-refractivity contribution in [1.82, 2.24) is 5.32 Å². The van der Waals surface area contributed by atoms with Gasteiger partial charge in [-0.15, -0.1) is 0 Å². The lowest BCUT2D eigenvalue weighted by Crippen LogP contribution is -2.45. The van der Waals surface area contributed by atoms with Crippen LogP contribution in [0.5, 0.6) is 0 Å². The van der Waals surface area contributed by atoms with E-state index in [1.54, 1.807) is 6.08 Å². The van der Waals surface area contributed by atoms with Crippen molar-refractivity contribution in [3.05, 3.63) is 12.2 Å². The van der Waals surface area contributed by atoms with Crippen molar-refractivity contribution in [2.75, 3.05) is 13.2 Å². The molecule has 0 heterocycles. The van der Waals surface area contributed by atoms with Gasteiger partial charge in [0.15, 0.2) is 0 Å². The number of aliphatic hydroxyl groups excluding tert-OH is 2. The molecule has 386 valence electrons. The van der Waals surface area contributed by atoms with E-state index < -0.39 is 12.1 Å². The van der Waals surface area contributed by atoms with E-state index in [4.69, 9.17) is 4.74 Å². The Morgan fingerprint density at radius 2 is 0.708 bits per heavy atom. The number of carbonyl (C=O) groups is 2. The Morgan fingerprint density at radius 1 is 0.415 bits per heavy atom. The van der Waals surface area contributed by atoms with Crippen LogP contribution in [0, 0.1) is 0 Å². The Balaban J connectivity index is 3.37. The number of esters is 1. The van der Waals surface area contributed by atoms with Gasteiger partial charge in [0.05, 0.1) is 25.4 Å². The lowest BCUT2D eigenvalue weighted by molar-refractivity contribution is -0.143. The number of nitrogens with one attached hydrogen (secondary N) is 1. The smallest absolute Gasteiger partial charge is 0.305 e. The molecule has 0 aromatic carbocycles. The van der Waals surface area contributed by atoms with Crippen LogP contribution in [0.4, 0.5) is 0 Å². The summed E-state index contributed by atoms with van der Waals surface area (Å²) in [6.07, 6.45) is 65.3. The fourth-order valence-corrected chi connectivity index (χ4v) is 9.28. The van der Waals surface area contributed by atoms with E-state index in [1.807, 2.05) is 6.08 Å². The highest BCUT2D eigenvalue weighted by atomic mass is 16.5. The van der Waals surface area contributed by atoms with Crippen molar-refractivity contribution < 1.29 is 24.5 Å². The van der Waals surface area contributed by atoms with E-state index in [2.05, 4.69) is 19.2 Å². The first-order valence-electron chi connectivity index (χ1n) is 29.5. The third-order valence-corrected chi connectivity index (χ3v) is 13.8. The van der Waals surface area contributed by atoms with Crippen LogP contribution in [0.3, 0.4) is 0 Å². The molecule has 0 aromatic heterocycles. The van der Waals surface area contributed by atoms with Crippen LogP contribution >= 0.6 is 0 Å². The summed E-state index contributed by atoms with van der Waals surface area (Å²) in [4.78, 5) is 24.5. The van der Waals surface area contributed by atoms with Gasteiger partial charge in [0.1, 0.15) is 0 Å². The van der Waals surface area contributed by atoms with Crippen molar-refractivity contribution in [2.45, 2.75) is 341 Å². The molecular weight excluding hydrogens is 803 g/mol. The van der Waals surface area contributed by atoms with Gasteiger partial charge in [0.25, 0.3) is 0 Å². The maximum absolute atomic E-state index is 12.4. The third kappa shape index (κ3) is 51.8. The molecule has 0 aliphatic carbocycles. The lowest BCUT2D eigenvalue weighted by Gasteiger charge is -2.20. The SMILES string of the molecule is CCCCCCCCCCC/C=C/C(O)C(CO)NC(=O)CCCCCCCCCCCCCCCCCCCCCOC(=O)CCCCCCCCCCCCCCCCCCCC. The van der Waals surface area contributed by atoms with Gasteiger partial charge in [0.2, 0.25) is 5.91 Å². The zero-order valence-corrected chi connectivity index (χ0v) is 44.0.